The van der Waals surface area contributed by atoms with Crippen LogP contribution >= 0.6 is 0 Å². The third-order valence-electron chi connectivity index (χ3n) is 3.50. The van der Waals surface area contributed by atoms with E-state index in [1.807, 2.05) is 38.1 Å². The molecule has 0 aromatic heterocycles. The van der Waals surface area contributed by atoms with Crippen LogP contribution in [0, 0.1) is 0 Å². The molecular formula is C20H23N3O3. The SMILES string of the molecule is CCCC(=O)Nc1ccc(C(=O)NN=Cc2ccccc2OCC)cc1. The molecule has 6 heteroatoms. The van der Waals surface area contributed by atoms with Crippen molar-refractivity contribution >= 4 is 23.7 Å². The van der Waals surface area contributed by atoms with E-state index in [0.29, 0.717) is 30.0 Å². The lowest BCUT2D eigenvalue weighted by Gasteiger charge is -2.06. The van der Waals surface area contributed by atoms with Crippen LogP contribution in [0.2, 0.25) is 0 Å². The summed E-state index contributed by atoms with van der Waals surface area (Å²) in [6.45, 7) is 4.41. The molecule has 2 N–H and O–H groups in total. The van der Waals surface area contributed by atoms with Gasteiger partial charge in [0.1, 0.15) is 5.75 Å². The number of ether oxygens (including phenoxy) is 1. The second-order valence-corrected chi connectivity index (χ2v) is 5.55. The van der Waals surface area contributed by atoms with E-state index in [1.54, 1.807) is 30.5 Å². The van der Waals surface area contributed by atoms with E-state index in [0.717, 1.165) is 12.0 Å². The van der Waals surface area contributed by atoms with Crippen LogP contribution in [0.3, 0.4) is 0 Å². The van der Waals surface area contributed by atoms with Crippen LogP contribution in [-0.4, -0.2) is 24.6 Å². The fraction of sp³-hybridized carbons (Fsp3) is 0.250. The molecule has 0 aliphatic carbocycles. The predicted molar refractivity (Wildman–Crippen MR) is 103 cm³/mol. The van der Waals surface area contributed by atoms with E-state index in [9.17, 15) is 9.59 Å². The first kappa shape index (κ1) is 19.2. The van der Waals surface area contributed by atoms with Crippen molar-refractivity contribution in [3.05, 3.63) is 59.7 Å². The zero-order valence-electron chi connectivity index (χ0n) is 15.0. The van der Waals surface area contributed by atoms with E-state index in [-0.39, 0.29) is 11.8 Å². The number of nitrogens with zero attached hydrogens (tertiary/aromatic N) is 1. The minimum absolute atomic E-state index is 0.0396. The van der Waals surface area contributed by atoms with E-state index in [4.69, 9.17) is 4.74 Å². The lowest BCUT2D eigenvalue weighted by atomic mass is 10.2. The van der Waals surface area contributed by atoms with E-state index in [2.05, 4.69) is 15.8 Å². The van der Waals surface area contributed by atoms with Crippen molar-refractivity contribution in [3.63, 3.8) is 0 Å². The molecule has 0 atom stereocenters. The minimum atomic E-state index is -0.332. The maximum atomic E-state index is 12.1. The van der Waals surface area contributed by atoms with Gasteiger partial charge in [-0.3, -0.25) is 9.59 Å². The summed E-state index contributed by atoms with van der Waals surface area (Å²) >= 11 is 0. The van der Waals surface area contributed by atoms with Gasteiger partial charge in [-0.25, -0.2) is 5.43 Å². The fourth-order valence-corrected chi connectivity index (χ4v) is 2.25. The normalized spacial score (nSPS) is 10.5. The van der Waals surface area contributed by atoms with Gasteiger partial charge in [-0.05, 0) is 49.7 Å². The van der Waals surface area contributed by atoms with Gasteiger partial charge in [0.05, 0.1) is 12.8 Å². The maximum Gasteiger partial charge on any atom is 0.271 e. The smallest absolute Gasteiger partial charge is 0.271 e. The summed E-state index contributed by atoms with van der Waals surface area (Å²) in [5.41, 5.74) is 4.38. The van der Waals surface area contributed by atoms with Crippen LogP contribution in [0.1, 0.15) is 42.6 Å². The Balaban J connectivity index is 1.94. The minimum Gasteiger partial charge on any atom is -0.493 e. The summed E-state index contributed by atoms with van der Waals surface area (Å²) < 4.78 is 5.50. The number of carbonyl (C=O) groups excluding carboxylic acids is 2. The van der Waals surface area contributed by atoms with Gasteiger partial charge in [-0.15, -0.1) is 0 Å². The van der Waals surface area contributed by atoms with Crippen molar-refractivity contribution in [2.45, 2.75) is 26.7 Å². The van der Waals surface area contributed by atoms with Crippen LogP contribution in [0.5, 0.6) is 5.75 Å². The highest BCUT2D eigenvalue weighted by molar-refractivity contribution is 5.96. The number of hydrogen-bond acceptors (Lipinski definition) is 4. The molecule has 0 bridgehead atoms. The Hall–Kier alpha value is -3.15. The number of anilines is 1. The highest BCUT2D eigenvalue weighted by Crippen LogP contribution is 2.15. The van der Waals surface area contributed by atoms with E-state index >= 15 is 0 Å². The lowest BCUT2D eigenvalue weighted by Crippen LogP contribution is -2.18. The average Bonchev–Trinajstić information content (AvgIpc) is 2.64. The van der Waals surface area contributed by atoms with Crippen molar-refractivity contribution in [1.82, 2.24) is 5.43 Å². The fourth-order valence-electron chi connectivity index (χ4n) is 2.25. The van der Waals surface area contributed by atoms with E-state index < -0.39 is 0 Å². The van der Waals surface area contributed by atoms with Crippen molar-refractivity contribution in [3.8, 4) is 5.75 Å². The van der Waals surface area contributed by atoms with Crippen molar-refractivity contribution in [2.24, 2.45) is 5.10 Å². The molecule has 2 amide bonds. The van der Waals surface area contributed by atoms with Crippen molar-refractivity contribution in [1.29, 1.82) is 0 Å². The van der Waals surface area contributed by atoms with Gasteiger partial charge in [-0.1, -0.05) is 19.1 Å². The summed E-state index contributed by atoms with van der Waals surface area (Å²) in [6, 6.07) is 14.1. The molecule has 2 aromatic carbocycles. The van der Waals surface area contributed by atoms with Gasteiger partial charge < -0.3 is 10.1 Å². The molecule has 0 unspecified atom stereocenters. The van der Waals surface area contributed by atoms with Crippen LogP contribution < -0.4 is 15.5 Å². The standard InChI is InChI=1S/C20H23N3O3/c1-3-7-19(24)22-17-12-10-15(11-13-17)20(25)23-21-14-16-8-5-6-9-18(16)26-4-2/h5-6,8-14H,3-4,7H2,1-2H3,(H,22,24)(H,23,25). The highest BCUT2D eigenvalue weighted by Gasteiger charge is 2.06. The summed E-state index contributed by atoms with van der Waals surface area (Å²) in [4.78, 5) is 23.7. The molecule has 0 saturated carbocycles. The number of hydrazone groups is 1. The molecule has 6 nitrogen and oxygen atoms in total. The first-order valence-corrected chi connectivity index (χ1v) is 8.59. The van der Waals surface area contributed by atoms with Crippen LogP contribution in [-0.2, 0) is 4.79 Å². The molecule has 0 heterocycles. The number of benzene rings is 2. The van der Waals surface area contributed by atoms with Gasteiger partial charge in [0.2, 0.25) is 5.91 Å². The Bertz CT molecular complexity index is 770. The molecular weight excluding hydrogens is 330 g/mol. The predicted octanol–water partition coefficient (Wildman–Crippen LogP) is 3.59. The Kier molecular flexibility index (Phi) is 7.36. The molecule has 0 saturated heterocycles. The molecule has 0 aliphatic rings. The number of para-hydroxylation sites is 1. The topological polar surface area (TPSA) is 79.8 Å². The van der Waals surface area contributed by atoms with Crippen LogP contribution in [0.15, 0.2) is 53.6 Å². The number of carbonyl (C=O) groups is 2. The average molecular weight is 353 g/mol. The molecule has 0 aliphatic heterocycles. The largest absolute Gasteiger partial charge is 0.493 e. The summed E-state index contributed by atoms with van der Waals surface area (Å²) in [5.74, 6) is 0.337. The summed E-state index contributed by atoms with van der Waals surface area (Å²) in [7, 11) is 0. The monoisotopic (exact) mass is 353 g/mol. The zero-order chi connectivity index (χ0) is 18.8. The summed E-state index contributed by atoms with van der Waals surface area (Å²) in [6.07, 6.45) is 2.80. The lowest BCUT2D eigenvalue weighted by molar-refractivity contribution is -0.116. The van der Waals surface area contributed by atoms with Gasteiger partial charge >= 0.3 is 0 Å². The number of amides is 2. The second kappa shape index (κ2) is 9.98. The second-order valence-electron chi connectivity index (χ2n) is 5.55. The number of nitrogens with one attached hydrogen (secondary N) is 2. The number of hydrogen-bond donors (Lipinski definition) is 2. The van der Waals surface area contributed by atoms with Gasteiger partial charge in [-0.2, -0.15) is 5.10 Å². The molecule has 2 rings (SSSR count). The number of rotatable bonds is 8. The molecule has 0 fully saturated rings. The Morgan fingerprint density at radius 1 is 1.08 bits per heavy atom. The molecule has 2 aromatic rings. The Morgan fingerprint density at radius 3 is 2.50 bits per heavy atom. The molecule has 0 radical (unpaired) electrons. The van der Waals surface area contributed by atoms with Crippen LogP contribution in [0.4, 0.5) is 5.69 Å². The molecule has 26 heavy (non-hydrogen) atoms. The third-order valence-corrected chi connectivity index (χ3v) is 3.50. The zero-order valence-corrected chi connectivity index (χ0v) is 15.0. The maximum absolute atomic E-state index is 12.1. The van der Waals surface area contributed by atoms with Gasteiger partial charge in [0, 0.05) is 23.2 Å². The first-order chi connectivity index (χ1) is 12.6. The van der Waals surface area contributed by atoms with Crippen molar-refractivity contribution in [2.75, 3.05) is 11.9 Å². The summed E-state index contributed by atoms with van der Waals surface area (Å²) in [5, 5.41) is 6.76. The molecule has 136 valence electrons. The van der Waals surface area contributed by atoms with Gasteiger partial charge in [0.15, 0.2) is 0 Å². The quantitative estimate of drug-likeness (QED) is 0.562. The Morgan fingerprint density at radius 2 is 1.81 bits per heavy atom. The Labute approximate surface area is 153 Å². The first-order valence-electron chi connectivity index (χ1n) is 8.59. The van der Waals surface area contributed by atoms with Crippen LogP contribution in [0.25, 0.3) is 0 Å². The highest BCUT2D eigenvalue weighted by atomic mass is 16.5. The van der Waals surface area contributed by atoms with Crippen molar-refractivity contribution < 1.29 is 14.3 Å². The van der Waals surface area contributed by atoms with Gasteiger partial charge in [0.25, 0.3) is 5.91 Å². The third kappa shape index (κ3) is 5.73. The van der Waals surface area contributed by atoms with E-state index in [1.165, 1.54) is 0 Å². The molecule has 0 spiro atoms.